The summed E-state index contributed by atoms with van der Waals surface area (Å²) in [4.78, 5) is 2.86. The first kappa shape index (κ1) is 14.8. The Morgan fingerprint density at radius 2 is 1.85 bits per heavy atom. The van der Waals surface area contributed by atoms with E-state index in [1.54, 1.807) is 0 Å². The van der Waals surface area contributed by atoms with Crippen molar-refractivity contribution >= 4 is 0 Å². The minimum atomic E-state index is 0.416. The van der Waals surface area contributed by atoms with Gasteiger partial charge in [-0.15, -0.1) is 0 Å². The van der Waals surface area contributed by atoms with E-state index in [-0.39, 0.29) is 0 Å². The summed E-state index contributed by atoms with van der Waals surface area (Å²) < 4.78 is 5.61. The number of hydrogen-bond donors (Lipinski definition) is 1. The molecule has 0 aromatic heterocycles. The van der Waals surface area contributed by atoms with Gasteiger partial charge in [0.05, 0.1) is 6.61 Å². The van der Waals surface area contributed by atoms with Crippen molar-refractivity contribution in [1.82, 2.24) is 10.2 Å². The molecule has 20 heavy (non-hydrogen) atoms. The first-order chi connectivity index (χ1) is 9.83. The molecule has 3 fully saturated rings. The van der Waals surface area contributed by atoms with E-state index in [9.17, 15) is 0 Å². The van der Waals surface area contributed by atoms with E-state index in [4.69, 9.17) is 4.74 Å². The third-order valence-corrected chi connectivity index (χ3v) is 6.01. The highest BCUT2D eigenvalue weighted by Crippen LogP contribution is 2.38. The first-order valence-corrected chi connectivity index (χ1v) is 8.77. The molecule has 3 heteroatoms. The molecule has 0 aromatic carbocycles. The summed E-state index contributed by atoms with van der Waals surface area (Å²) in [6.45, 7) is 5.91. The average molecular weight is 280 g/mol. The topological polar surface area (TPSA) is 24.5 Å². The van der Waals surface area contributed by atoms with E-state index in [1.165, 1.54) is 77.5 Å². The van der Waals surface area contributed by atoms with Gasteiger partial charge in [-0.2, -0.15) is 0 Å². The number of fused-ring (bicyclic) bond motifs is 1. The zero-order valence-corrected chi connectivity index (χ0v) is 13.2. The number of nitrogens with one attached hydrogen (secondary N) is 1. The van der Waals surface area contributed by atoms with E-state index in [1.807, 2.05) is 7.11 Å². The molecular weight excluding hydrogens is 248 g/mol. The summed E-state index contributed by atoms with van der Waals surface area (Å²) in [5, 5.41) is 3.52. The van der Waals surface area contributed by atoms with E-state index >= 15 is 0 Å². The van der Waals surface area contributed by atoms with Crippen molar-refractivity contribution in [2.45, 2.75) is 57.4 Å². The second-order valence-electron chi connectivity index (χ2n) is 7.41. The fourth-order valence-corrected chi connectivity index (χ4v) is 4.97. The number of methoxy groups -OCH3 is 1. The quantitative estimate of drug-likeness (QED) is 0.857. The van der Waals surface area contributed by atoms with Crippen LogP contribution in [0.2, 0.25) is 0 Å². The second-order valence-corrected chi connectivity index (χ2v) is 7.41. The van der Waals surface area contributed by atoms with Crippen LogP contribution in [0, 0.1) is 11.3 Å². The van der Waals surface area contributed by atoms with Gasteiger partial charge < -0.3 is 10.1 Å². The van der Waals surface area contributed by atoms with E-state index in [0.717, 1.165) is 18.6 Å². The van der Waals surface area contributed by atoms with Gasteiger partial charge in [-0.3, -0.25) is 4.90 Å². The van der Waals surface area contributed by atoms with Gasteiger partial charge in [0.2, 0.25) is 0 Å². The molecule has 0 bridgehead atoms. The summed E-state index contributed by atoms with van der Waals surface area (Å²) in [5.74, 6) is 0.999. The van der Waals surface area contributed by atoms with Crippen molar-refractivity contribution in [3.05, 3.63) is 0 Å². The molecule has 1 N–H and O–H groups in total. The SMILES string of the molecule is COCC1(CN2CCCC3CCCCC32)CCNCC1. The Balaban J connectivity index is 1.66. The van der Waals surface area contributed by atoms with Gasteiger partial charge in [0.1, 0.15) is 0 Å². The molecule has 116 valence electrons. The van der Waals surface area contributed by atoms with Crippen LogP contribution in [-0.4, -0.2) is 50.8 Å². The number of likely N-dealkylation sites (tertiary alicyclic amines) is 1. The van der Waals surface area contributed by atoms with Gasteiger partial charge in [-0.05, 0) is 64.1 Å². The normalized spacial score (nSPS) is 34.6. The Morgan fingerprint density at radius 1 is 1.10 bits per heavy atom. The lowest BCUT2D eigenvalue weighted by atomic mass is 9.74. The minimum Gasteiger partial charge on any atom is -0.384 e. The second kappa shape index (κ2) is 6.76. The van der Waals surface area contributed by atoms with Crippen molar-refractivity contribution in [2.24, 2.45) is 11.3 Å². The molecule has 3 aliphatic rings. The molecule has 0 spiro atoms. The summed E-state index contributed by atoms with van der Waals surface area (Å²) in [6, 6.07) is 0.890. The zero-order chi connectivity index (χ0) is 13.8. The highest BCUT2D eigenvalue weighted by atomic mass is 16.5. The molecule has 2 heterocycles. The maximum Gasteiger partial charge on any atom is 0.0531 e. The van der Waals surface area contributed by atoms with Crippen LogP contribution in [0.25, 0.3) is 0 Å². The fourth-order valence-electron chi connectivity index (χ4n) is 4.97. The Morgan fingerprint density at radius 3 is 2.65 bits per heavy atom. The zero-order valence-electron chi connectivity index (χ0n) is 13.2. The van der Waals surface area contributed by atoms with E-state index in [0.29, 0.717) is 5.41 Å². The molecular formula is C17H32N2O. The van der Waals surface area contributed by atoms with Crippen molar-refractivity contribution in [3.8, 4) is 0 Å². The number of rotatable bonds is 4. The maximum absolute atomic E-state index is 5.61. The van der Waals surface area contributed by atoms with Crippen LogP contribution in [-0.2, 0) is 4.74 Å². The van der Waals surface area contributed by atoms with Crippen LogP contribution >= 0.6 is 0 Å². The third-order valence-electron chi connectivity index (χ3n) is 6.01. The molecule has 2 aliphatic heterocycles. The molecule has 1 saturated carbocycles. The Hall–Kier alpha value is -0.120. The smallest absolute Gasteiger partial charge is 0.0531 e. The van der Waals surface area contributed by atoms with Crippen LogP contribution in [0.3, 0.4) is 0 Å². The molecule has 2 atom stereocenters. The minimum absolute atomic E-state index is 0.416. The Bertz CT molecular complexity index is 294. The van der Waals surface area contributed by atoms with Crippen molar-refractivity contribution in [2.75, 3.05) is 39.9 Å². The monoisotopic (exact) mass is 280 g/mol. The summed E-state index contributed by atoms with van der Waals surface area (Å²) in [5.41, 5.74) is 0.416. The van der Waals surface area contributed by atoms with Crippen LogP contribution < -0.4 is 5.32 Å². The van der Waals surface area contributed by atoms with Gasteiger partial charge in [0.25, 0.3) is 0 Å². The van der Waals surface area contributed by atoms with Gasteiger partial charge in [-0.1, -0.05) is 12.8 Å². The number of piperidine rings is 2. The summed E-state index contributed by atoms with van der Waals surface area (Å²) in [7, 11) is 1.88. The lowest BCUT2D eigenvalue weighted by molar-refractivity contribution is -0.0209. The van der Waals surface area contributed by atoms with Crippen LogP contribution in [0.4, 0.5) is 0 Å². The number of ether oxygens (including phenoxy) is 1. The van der Waals surface area contributed by atoms with E-state index < -0.39 is 0 Å². The molecule has 2 saturated heterocycles. The molecule has 3 rings (SSSR count). The lowest BCUT2D eigenvalue weighted by Gasteiger charge is -2.49. The summed E-state index contributed by atoms with van der Waals surface area (Å²) >= 11 is 0. The molecule has 2 unspecified atom stereocenters. The van der Waals surface area contributed by atoms with Gasteiger partial charge in [0.15, 0.2) is 0 Å². The summed E-state index contributed by atoms with van der Waals surface area (Å²) in [6.07, 6.45) is 11.3. The molecule has 3 nitrogen and oxygen atoms in total. The lowest BCUT2D eigenvalue weighted by Crippen LogP contribution is -2.54. The predicted octanol–water partition coefficient (Wildman–Crippen LogP) is 2.66. The molecule has 0 aromatic rings. The van der Waals surface area contributed by atoms with Crippen molar-refractivity contribution < 1.29 is 4.74 Å². The van der Waals surface area contributed by atoms with Crippen LogP contribution in [0.5, 0.6) is 0 Å². The molecule has 0 radical (unpaired) electrons. The Labute approximate surface area is 124 Å². The van der Waals surface area contributed by atoms with Crippen molar-refractivity contribution in [3.63, 3.8) is 0 Å². The Kier molecular flexibility index (Phi) is 5.00. The maximum atomic E-state index is 5.61. The predicted molar refractivity (Wildman–Crippen MR) is 83.0 cm³/mol. The largest absolute Gasteiger partial charge is 0.384 e. The highest BCUT2D eigenvalue weighted by molar-refractivity contribution is 4.93. The average Bonchev–Trinajstić information content (AvgIpc) is 2.49. The van der Waals surface area contributed by atoms with E-state index in [2.05, 4.69) is 10.2 Å². The fraction of sp³-hybridized carbons (Fsp3) is 1.00. The number of nitrogens with zero attached hydrogens (tertiary/aromatic N) is 1. The molecule has 1 aliphatic carbocycles. The highest BCUT2D eigenvalue weighted by Gasteiger charge is 2.39. The van der Waals surface area contributed by atoms with Gasteiger partial charge in [0, 0.05) is 25.1 Å². The van der Waals surface area contributed by atoms with Crippen LogP contribution in [0.15, 0.2) is 0 Å². The van der Waals surface area contributed by atoms with Gasteiger partial charge >= 0.3 is 0 Å². The third kappa shape index (κ3) is 3.20. The van der Waals surface area contributed by atoms with Crippen LogP contribution in [0.1, 0.15) is 51.4 Å². The first-order valence-electron chi connectivity index (χ1n) is 8.77. The van der Waals surface area contributed by atoms with Gasteiger partial charge in [-0.25, -0.2) is 0 Å². The van der Waals surface area contributed by atoms with Crippen molar-refractivity contribution in [1.29, 1.82) is 0 Å². The number of hydrogen-bond acceptors (Lipinski definition) is 3. The standard InChI is InChI=1S/C17H32N2O/c1-20-14-17(8-10-18-11-9-17)13-19-12-4-6-15-5-2-3-7-16(15)19/h15-16,18H,2-14H2,1H3. The molecule has 0 amide bonds.